The van der Waals surface area contributed by atoms with Crippen molar-refractivity contribution in [2.75, 3.05) is 6.54 Å². The van der Waals surface area contributed by atoms with Crippen molar-refractivity contribution < 1.29 is 19.5 Å². The van der Waals surface area contributed by atoms with Crippen molar-refractivity contribution in [2.24, 2.45) is 0 Å². The average Bonchev–Trinajstić information content (AvgIpc) is 2.36. The lowest BCUT2D eigenvalue weighted by atomic mass is 9.97. The van der Waals surface area contributed by atoms with Gasteiger partial charge >= 0.3 is 0 Å². The summed E-state index contributed by atoms with van der Waals surface area (Å²) >= 11 is 5.93. The Morgan fingerprint density at radius 3 is 2.70 bits per heavy atom. The first kappa shape index (κ1) is 14.3. The van der Waals surface area contributed by atoms with Gasteiger partial charge in [0.05, 0.1) is 10.6 Å². The third kappa shape index (κ3) is 2.34. The molecule has 1 aromatic rings. The smallest absolute Gasteiger partial charge is 0.256 e. The van der Waals surface area contributed by atoms with Gasteiger partial charge in [-0.25, -0.2) is 0 Å². The molecule has 0 spiro atoms. The molecule has 0 atom stereocenters. The van der Waals surface area contributed by atoms with E-state index in [4.69, 9.17) is 11.6 Å². The summed E-state index contributed by atoms with van der Waals surface area (Å²) in [6, 6.07) is 3.93. The summed E-state index contributed by atoms with van der Waals surface area (Å²) in [5.41, 5.74) is -1.14. The predicted molar refractivity (Wildman–Crippen MR) is 71.4 cm³/mol. The summed E-state index contributed by atoms with van der Waals surface area (Å²) in [5.74, 6) is -1.82. The third-order valence-electron chi connectivity index (χ3n) is 3.21. The fourth-order valence-electron chi connectivity index (χ4n) is 1.93. The molecule has 1 aromatic carbocycles. The molecular weight excluding hydrogens is 284 g/mol. The molecule has 1 aliphatic rings. The second-order valence-corrected chi connectivity index (χ2v) is 5.40. The molecule has 2 rings (SSSR count). The van der Waals surface area contributed by atoms with Crippen LogP contribution >= 0.6 is 11.6 Å². The summed E-state index contributed by atoms with van der Waals surface area (Å²) < 4.78 is 0. The topological polar surface area (TPSA) is 86.7 Å². The molecule has 0 aromatic heterocycles. The third-order valence-corrected chi connectivity index (χ3v) is 3.54. The van der Waals surface area contributed by atoms with E-state index in [9.17, 15) is 19.5 Å². The summed E-state index contributed by atoms with van der Waals surface area (Å²) in [4.78, 5) is 36.9. The lowest BCUT2D eigenvalue weighted by Crippen LogP contribution is -2.65. The van der Waals surface area contributed by atoms with E-state index in [1.54, 1.807) is 0 Å². The van der Waals surface area contributed by atoms with Crippen molar-refractivity contribution >= 4 is 29.3 Å². The lowest BCUT2D eigenvalue weighted by molar-refractivity contribution is -0.143. The zero-order valence-corrected chi connectivity index (χ0v) is 11.7. The molecule has 0 bridgehead atoms. The number of rotatable bonds is 1. The molecule has 0 unspecified atom stereocenters. The molecule has 20 heavy (non-hydrogen) atoms. The Bertz CT molecular complexity index is 612. The highest BCUT2D eigenvalue weighted by molar-refractivity contribution is 6.34. The van der Waals surface area contributed by atoms with Gasteiger partial charge in [0.1, 0.15) is 17.8 Å². The predicted octanol–water partition coefficient (Wildman–Crippen LogP) is 0.923. The van der Waals surface area contributed by atoms with Gasteiger partial charge in [-0.2, -0.15) is 0 Å². The Labute approximate surface area is 120 Å². The molecule has 1 aliphatic heterocycles. The normalized spacial score (nSPS) is 17.9. The average molecular weight is 297 g/mol. The van der Waals surface area contributed by atoms with Crippen molar-refractivity contribution in [2.45, 2.75) is 19.4 Å². The van der Waals surface area contributed by atoms with Crippen molar-refractivity contribution in [1.29, 1.82) is 0 Å². The van der Waals surface area contributed by atoms with E-state index >= 15 is 0 Å². The van der Waals surface area contributed by atoms with Gasteiger partial charge in [0.25, 0.3) is 11.8 Å². The standard InChI is InChI=1S/C13H13ClN2O4/c1-13(2)12(20)15-10(18)6-16(13)11(19)8-5-7(17)3-4-9(8)14/h3-5,17H,6H2,1-2H3,(H,15,18,20). The number of benzene rings is 1. The molecule has 7 heteroatoms. The molecule has 106 valence electrons. The fraction of sp³-hybridized carbons (Fsp3) is 0.308. The Morgan fingerprint density at radius 1 is 1.40 bits per heavy atom. The van der Waals surface area contributed by atoms with Gasteiger partial charge in [0, 0.05) is 0 Å². The Balaban J connectivity index is 2.43. The van der Waals surface area contributed by atoms with Gasteiger partial charge in [0.15, 0.2) is 0 Å². The maximum Gasteiger partial charge on any atom is 0.256 e. The molecule has 1 saturated heterocycles. The Morgan fingerprint density at radius 2 is 2.05 bits per heavy atom. The lowest BCUT2D eigenvalue weighted by Gasteiger charge is -2.40. The van der Waals surface area contributed by atoms with Crippen LogP contribution in [0.5, 0.6) is 5.75 Å². The van der Waals surface area contributed by atoms with Gasteiger partial charge in [-0.1, -0.05) is 11.6 Å². The van der Waals surface area contributed by atoms with Gasteiger partial charge in [-0.15, -0.1) is 0 Å². The SMILES string of the molecule is CC1(C)C(=O)NC(=O)CN1C(=O)c1cc(O)ccc1Cl. The van der Waals surface area contributed by atoms with Gasteiger partial charge in [-0.05, 0) is 32.0 Å². The molecule has 1 fully saturated rings. The molecule has 0 radical (unpaired) electrons. The van der Waals surface area contributed by atoms with Gasteiger partial charge < -0.3 is 10.0 Å². The van der Waals surface area contributed by atoms with Crippen LogP contribution in [0.15, 0.2) is 18.2 Å². The highest BCUT2D eigenvalue weighted by Gasteiger charge is 2.44. The first-order valence-electron chi connectivity index (χ1n) is 5.88. The quantitative estimate of drug-likeness (QED) is 0.755. The number of imide groups is 1. The molecule has 0 aliphatic carbocycles. The summed E-state index contributed by atoms with van der Waals surface area (Å²) in [7, 11) is 0. The number of piperazine rings is 1. The van der Waals surface area contributed by atoms with Crippen molar-refractivity contribution in [3.63, 3.8) is 0 Å². The Hall–Kier alpha value is -2.08. The second kappa shape index (κ2) is 4.79. The highest BCUT2D eigenvalue weighted by atomic mass is 35.5. The number of amides is 3. The van der Waals surface area contributed by atoms with E-state index in [0.717, 1.165) is 4.90 Å². The van der Waals surface area contributed by atoms with Gasteiger partial charge in [-0.3, -0.25) is 19.7 Å². The van der Waals surface area contributed by atoms with Crippen LogP contribution in [0.3, 0.4) is 0 Å². The molecule has 2 N–H and O–H groups in total. The van der Waals surface area contributed by atoms with Gasteiger partial charge in [0.2, 0.25) is 5.91 Å². The minimum Gasteiger partial charge on any atom is -0.508 e. The second-order valence-electron chi connectivity index (χ2n) is 4.99. The van der Waals surface area contributed by atoms with E-state index in [0.29, 0.717) is 0 Å². The molecule has 3 amide bonds. The van der Waals surface area contributed by atoms with E-state index in [-0.39, 0.29) is 22.9 Å². The van der Waals surface area contributed by atoms with Crippen LogP contribution in [-0.4, -0.2) is 39.8 Å². The fourth-order valence-corrected chi connectivity index (χ4v) is 2.13. The van der Waals surface area contributed by atoms with Crippen LogP contribution in [0.25, 0.3) is 0 Å². The molecular formula is C13H13ClN2O4. The molecule has 6 nitrogen and oxygen atoms in total. The largest absolute Gasteiger partial charge is 0.508 e. The molecule has 0 saturated carbocycles. The number of hydrogen-bond acceptors (Lipinski definition) is 4. The zero-order chi connectivity index (χ0) is 15.1. The number of nitrogens with zero attached hydrogens (tertiary/aromatic N) is 1. The maximum atomic E-state index is 12.5. The number of hydrogen-bond donors (Lipinski definition) is 2. The first-order chi connectivity index (χ1) is 9.23. The minimum absolute atomic E-state index is 0.0437. The van der Waals surface area contributed by atoms with E-state index in [1.807, 2.05) is 0 Å². The van der Waals surface area contributed by atoms with Crippen LogP contribution in [0, 0.1) is 0 Å². The summed E-state index contributed by atoms with van der Waals surface area (Å²) in [6.07, 6.45) is 0. The van der Waals surface area contributed by atoms with Crippen LogP contribution in [0.4, 0.5) is 0 Å². The summed E-state index contributed by atoms with van der Waals surface area (Å²) in [5, 5.41) is 11.8. The number of aromatic hydroxyl groups is 1. The summed E-state index contributed by atoms with van der Waals surface area (Å²) in [6.45, 7) is 2.82. The van der Waals surface area contributed by atoms with Crippen LogP contribution in [-0.2, 0) is 9.59 Å². The van der Waals surface area contributed by atoms with Crippen LogP contribution in [0.1, 0.15) is 24.2 Å². The first-order valence-corrected chi connectivity index (χ1v) is 6.26. The monoisotopic (exact) mass is 296 g/mol. The minimum atomic E-state index is -1.18. The number of halogens is 1. The molecule has 1 heterocycles. The maximum absolute atomic E-state index is 12.5. The number of phenolic OH excluding ortho intramolecular Hbond substituents is 1. The van der Waals surface area contributed by atoms with Crippen LogP contribution in [0.2, 0.25) is 5.02 Å². The van der Waals surface area contributed by atoms with E-state index in [1.165, 1.54) is 32.0 Å². The Kier molecular flexibility index (Phi) is 3.43. The van der Waals surface area contributed by atoms with E-state index in [2.05, 4.69) is 5.32 Å². The highest BCUT2D eigenvalue weighted by Crippen LogP contribution is 2.27. The van der Waals surface area contributed by atoms with Crippen LogP contribution < -0.4 is 5.32 Å². The number of carbonyl (C=O) groups is 3. The van der Waals surface area contributed by atoms with Crippen molar-refractivity contribution in [3.8, 4) is 5.75 Å². The number of phenols is 1. The zero-order valence-electron chi connectivity index (χ0n) is 10.9. The van der Waals surface area contributed by atoms with Crippen molar-refractivity contribution in [3.05, 3.63) is 28.8 Å². The number of nitrogens with one attached hydrogen (secondary N) is 1. The van der Waals surface area contributed by atoms with Crippen molar-refractivity contribution in [1.82, 2.24) is 10.2 Å². The number of carbonyl (C=O) groups excluding carboxylic acids is 3. The van der Waals surface area contributed by atoms with E-state index < -0.39 is 23.3 Å².